The molecular weight excluding hydrogens is 563 g/mol. The fourth-order valence-corrected chi connectivity index (χ4v) is 4.65. The van der Waals surface area contributed by atoms with Gasteiger partial charge in [-0.1, -0.05) is 47.7 Å². The van der Waals surface area contributed by atoms with Crippen LogP contribution < -0.4 is 15.7 Å². The first-order valence-corrected chi connectivity index (χ1v) is 13.4. The van der Waals surface area contributed by atoms with Gasteiger partial charge in [0.05, 0.1) is 16.0 Å². The van der Waals surface area contributed by atoms with E-state index < -0.39 is 41.7 Å². The van der Waals surface area contributed by atoms with Gasteiger partial charge < -0.3 is 19.0 Å². The van der Waals surface area contributed by atoms with Crippen molar-refractivity contribution in [2.45, 2.75) is 26.2 Å². The Kier molecular flexibility index (Phi) is 8.66. The van der Waals surface area contributed by atoms with Gasteiger partial charge in [0.1, 0.15) is 28.6 Å². The number of hydrogen-bond acceptors (Lipinski definition) is 9. The van der Waals surface area contributed by atoms with Crippen molar-refractivity contribution in [1.29, 1.82) is 0 Å². The lowest BCUT2D eigenvalue weighted by Crippen LogP contribution is -2.16. The van der Waals surface area contributed by atoms with E-state index in [4.69, 9.17) is 13.3 Å². The SMILES string of the molecule is [2H]C([2H])([2H])OC(=O)N/C=C/CCCc1cc(O)c(C(=O)C(C)=Cc2cnc(Oc3ccc(F)c(-c4ccccc4)c3)s2)c(=O)o1. The van der Waals surface area contributed by atoms with Crippen molar-refractivity contribution >= 4 is 29.3 Å². The van der Waals surface area contributed by atoms with Gasteiger partial charge in [0, 0.05) is 30.4 Å². The van der Waals surface area contributed by atoms with E-state index in [1.807, 2.05) is 18.2 Å². The minimum absolute atomic E-state index is 0.142. The van der Waals surface area contributed by atoms with E-state index in [2.05, 4.69) is 15.0 Å². The summed E-state index contributed by atoms with van der Waals surface area (Å²) < 4.78 is 50.1. The van der Waals surface area contributed by atoms with Crippen LogP contribution in [0.5, 0.6) is 16.7 Å². The van der Waals surface area contributed by atoms with Gasteiger partial charge in [0.15, 0.2) is 5.78 Å². The number of nitrogens with one attached hydrogen (secondary N) is 1. The van der Waals surface area contributed by atoms with Crippen LogP contribution in [0.4, 0.5) is 9.18 Å². The molecule has 2 N–H and O–H groups in total. The number of rotatable bonds is 11. The third-order valence-corrected chi connectivity index (χ3v) is 6.68. The minimum atomic E-state index is -2.85. The number of carbonyl (C=O) groups is 2. The summed E-state index contributed by atoms with van der Waals surface area (Å²) in [6.45, 7) is 1.48. The minimum Gasteiger partial charge on any atom is -0.507 e. The Hall–Kier alpha value is -5.03. The molecule has 0 aliphatic rings. The van der Waals surface area contributed by atoms with Crippen LogP contribution in [0, 0.1) is 5.82 Å². The number of Topliss-reactive ketones (excluding diaryl/α,β-unsaturated/α-hetero) is 1. The number of unbranched alkanes of at least 4 members (excludes halogenated alkanes) is 1. The van der Waals surface area contributed by atoms with E-state index in [0.29, 0.717) is 34.6 Å². The number of amides is 1. The standard InChI is InChI=1S/C31H27FN2O7S/c1-19(28(36)27-26(35)17-21(40-29(27)37)11-7-4-8-14-33-30(38)39-2)15-23-18-34-31(42-23)41-22-12-13-25(32)24(16-22)20-9-5-3-6-10-20/h3,5-6,8-10,12-18,35H,4,7,11H2,1-2H3,(H,33,38)/b14-8+,19-15?/i2D3. The molecule has 4 rings (SSSR count). The molecule has 11 heteroatoms. The predicted molar refractivity (Wildman–Crippen MR) is 156 cm³/mol. The largest absolute Gasteiger partial charge is 0.507 e. The highest BCUT2D eigenvalue weighted by atomic mass is 32.1. The summed E-state index contributed by atoms with van der Waals surface area (Å²) in [7, 11) is -2.85. The van der Waals surface area contributed by atoms with E-state index in [1.54, 1.807) is 24.3 Å². The maximum atomic E-state index is 14.4. The summed E-state index contributed by atoms with van der Waals surface area (Å²) >= 11 is 1.12. The summed E-state index contributed by atoms with van der Waals surface area (Å²) in [5.74, 6) is -1.12. The van der Waals surface area contributed by atoms with Crippen LogP contribution in [-0.2, 0) is 11.2 Å². The van der Waals surface area contributed by atoms with E-state index in [-0.39, 0.29) is 22.9 Å². The highest BCUT2D eigenvalue weighted by Gasteiger charge is 2.21. The maximum Gasteiger partial charge on any atom is 0.410 e. The maximum absolute atomic E-state index is 14.4. The highest BCUT2D eigenvalue weighted by molar-refractivity contribution is 7.14. The van der Waals surface area contributed by atoms with Gasteiger partial charge in [-0.2, -0.15) is 0 Å². The van der Waals surface area contributed by atoms with Crippen LogP contribution in [0.1, 0.15) is 44.9 Å². The fraction of sp³-hybridized carbons (Fsp3) is 0.161. The Bertz CT molecular complexity index is 1800. The van der Waals surface area contributed by atoms with Gasteiger partial charge in [-0.05, 0) is 55.2 Å². The number of methoxy groups -OCH3 is 1. The van der Waals surface area contributed by atoms with Crippen molar-refractivity contribution in [3.05, 3.63) is 111 Å². The van der Waals surface area contributed by atoms with Crippen LogP contribution in [-0.4, -0.2) is 29.0 Å². The van der Waals surface area contributed by atoms with Crippen LogP contribution >= 0.6 is 11.3 Å². The zero-order chi connectivity index (χ0) is 32.6. The molecule has 0 atom stereocenters. The normalized spacial score (nSPS) is 12.8. The zero-order valence-electron chi connectivity index (χ0n) is 25.3. The molecular formula is C31H27FN2O7S. The fourth-order valence-electron chi connectivity index (χ4n) is 3.86. The molecule has 0 radical (unpaired) electrons. The van der Waals surface area contributed by atoms with Crippen molar-refractivity contribution in [3.63, 3.8) is 0 Å². The number of aromatic nitrogens is 1. The Balaban J connectivity index is 1.36. The average Bonchev–Trinajstić information content (AvgIpc) is 3.41. The number of benzene rings is 2. The van der Waals surface area contributed by atoms with Gasteiger partial charge in [-0.25, -0.2) is 19.0 Å². The quantitative estimate of drug-likeness (QED) is 0.109. The lowest BCUT2D eigenvalue weighted by Gasteiger charge is -2.07. The van der Waals surface area contributed by atoms with Crippen molar-refractivity contribution < 1.29 is 37.1 Å². The molecule has 2 aromatic heterocycles. The van der Waals surface area contributed by atoms with E-state index >= 15 is 0 Å². The monoisotopic (exact) mass is 593 g/mol. The summed E-state index contributed by atoms with van der Waals surface area (Å²) in [5.41, 5.74) is -0.294. The number of hydrogen-bond donors (Lipinski definition) is 2. The first-order valence-electron chi connectivity index (χ1n) is 14.1. The molecule has 0 saturated heterocycles. The van der Waals surface area contributed by atoms with E-state index in [9.17, 15) is 23.9 Å². The molecule has 0 fully saturated rings. The van der Waals surface area contributed by atoms with Gasteiger partial charge >= 0.3 is 11.7 Å². The number of carbonyl (C=O) groups excluding carboxylic acids is 2. The lowest BCUT2D eigenvalue weighted by atomic mass is 10.0. The molecule has 42 heavy (non-hydrogen) atoms. The molecule has 216 valence electrons. The Morgan fingerprint density at radius 1 is 1.21 bits per heavy atom. The molecule has 0 aliphatic heterocycles. The van der Waals surface area contributed by atoms with Crippen molar-refractivity contribution in [2.24, 2.45) is 0 Å². The summed E-state index contributed by atoms with van der Waals surface area (Å²) in [5, 5.41) is 12.9. The first-order chi connectivity index (χ1) is 21.4. The number of alkyl carbamates (subject to hydrolysis) is 1. The van der Waals surface area contributed by atoms with Gasteiger partial charge in [0.2, 0.25) is 0 Å². The smallest absolute Gasteiger partial charge is 0.410 e. The Labute approximate surface area is 248 Å². The zero-order valence-corrected chi connectivity index (χ0v) is 23.1. The molecule has 2 heterocycles. The number of aryl methyl sites for hydroxylation is 1. The number of halogens is 1. The first kappa shape index (κ1) is 25.9. The number of ketones is 1. The topological polar surface area (TPSA) is 128 Å². The highest BCUT2D eigenvalue weighted by Crippen LogP contribution is 2.32. The molecule has 1 amide bonds. The molecule has 0 spiro atoms. The number of nitrogens with zero attached hydrogens (tertiary/aromatic N) is 1. The number of aromatic hydroxyl groups is 1. The second-order valence-corrected chi connectivity index (χ2v) is 9.91. The summed E-state index contributed by atoms with van der Waals surface area (Å²) in [6, 6.07) is 14.6. The van der Waals surface area contributed by atoms with E-state index in [0.717, 1.165) is 11.3 Å². The molecule has 0 aliphatic carbocycles. The Morgan fingerprint density at radius 2 is 2.02 bits per heavy atom. The molecule has 0 saturated carbocycles. The second-order valence-electron chi connectivity index (χ2n) is 8.88. The molecule has 4 aromatic rings. The molecule has 0 bridgehead atoms. The third kappa shape index (κ3) is 7.79. The van der Waals surface area contributed by atoms with Crippen molar-refractivity contribution in [2.75, 3.05) is 7.04 Å². The number of allylic oxidation sites excluding steroid dienone is 2. The average molecular weight is 594 g/mol. The molecule has 2 aromatic carbocycles. The van der Waals surface area contributed by atoms with Crippen LogP contribution in [0.15, 0.2) is 87.9 Å². The van der Waals surface area contributed by atoms with E-state index in [1.165, 1.54) is 43.6 Å². The van der Waals surface area contributed by atoms with Crippen molar-refractivity contribution in [3.8, 4) is 27.8 Å². The predicted octanol–water partition coefficient (Wildman–Crippen LogP) is 6.88. The lowest BCUT2D eigenvalue weighted by molar-refractivity contribution is 0.102. The van der Waals surface area contributed by atoms with Crippen molar-refractivity contribution in [1.82, 2.24) is 10.3 Å². The third-order valence-electron chi connectivity index (χ3n) is 5.86. The second kappa shape index (κ2) is 14.0. The van der Waals surface area contributed by atoms with Gasteiger partial charge in [-0.3, -0.25) is 10.1 Å². The van der Waals surface area contributed by atoms with Crippen LogP contribution in [0.2, 0.25) is 0 Å². The summed E-state index contributed by atoms with van der Waals surface area (Å²) in [4.78, 5) is 41.6. The molecule has 9 nitrogen and oxygen atoms in total. The molecule has 0 unspecified atom stereocenters. The number of ether oxygens (including phenoxy) is 2. The van der Waals surface area contributed by atoms with Crippen LogP contribution in [0.3, 0.4) is 0 Å². The number of thiazole rings is 1. The van der Waals surface area contributed by atoms with Gasteiger partial charge in [-0.15, -0.1) is 0 Å². The van der Waals surface area contributed by atoms with Crippen LogP contribution in [0.25, 0.3) is 17.2 Å². The summed E-state index contributed by atoms with van der Waals surface area (Å²) in [6.07, 6.45) is 5.71. The van der Waals surface area contributed by atoms with Gasteiger partial charge in [0.25, 0.3) is 5.19 Å². The Morgan fingerprint density at radius 3 is 2.79 bits per heavy atom.